The molecule has 0 bridgehead atoms. The number of carboxylic acids is 1. The highest BCUT2D eigenvalue weighted by Gasteiger charge is 2.32. The smallest absolute Gasteiger partial charge is 0.451 e. The number of aliphatic hydroxyl groups excluding tert-OH is 1. The number of nitrogens with two attached hydrogens (primary N) is 1. The number of aromatic carboxylic acids is 1. The lowest BCUT2D eigenvalue weighted by atomic mass is 9.82. The zero-order valence-corrected chi connectivity index (χ0v) is 16.5. The van der Waals surface area contributed by atoms with Gasteiger partial charge >= 0.3 is 13.1 Å². The average Bonchev–Trinajstić information content (AvgIpc) is 2.65. The minimum atomic E-state index is -1.56. The summed E-state index contributed by atoms with van der Waals surface area (Å²) in [7, 11) is -1.56. The Hall–Kier alpha value is -2.38. The average molecular weight is 425 g/mol. The predicted molar refractivity (Wildman–Crippen MR) is 107 cm³/mol. The molecule has 0 spiro atoms. The van der Waals surface area contributed by atoms with Gasteiger partial charge in [0, 0.05) is 32.8 Å². The maximum Gasteiger partial charge on any atom is 0.451 e. The lowest BCUT2D eigenvalue weighted by molar-refractivity contribution is -0.123. The molecular weight excluding hydrogens is 397 g/mol. The number of likely N-dealkylation sites (tertiary alicyclic amines) is 1. The third kappa shape index (κ3) is 6.57. The number of benzene rings is 1. The van der Waals surface area contributed by atoms with E-state index in [1.54, 1.807) is 0 Å². The highest BCUT2D eigenvalue weighted by atomic mass is 16.5. The summed E-state index contributed by atoms with van der Waals surface area (Å²) in [5.74, 6) is -2.11. The molecule has 0 radical (unpaired) electrons. The molecule has 11 nitrogen and oxygen atoms in total. The number of carbonyl (C=O) groups is 2. The van der Waals surface area contributed by atoms with E-state index in [2.05, 4.69) is 5.32 Å². The summed E-state index contributed by atoms with van der Waals surface area (Å²) >= 11 is 0. The molecule has 1 atom stereocenters. The Balaban J connectivity index is 1.90. The van der Waals surface area contributed by atoms with Gasteiger partial charge in [0.25, 0.3) is 0 Å². The largest absolute Gasteiger partial charge is 0.507 e. The van der Waals surface area contributed by atoms with E-state index in [4.69, 9.17) is 25.6 Å². The number of aliphatic hydroxyl groups is 1. The molecule has 1 saturated heterocycles. The van der Waals surface area contributed by atoms with Gasteiger partial charge < -0.3 is 41.2 Å². The summed E-state index contributed by atoms with van der Waals surface area (Å²) in [4.78, 5) is 25.3. The normalized spacial score (nSPS) is 15.3. The van der Waals surface area contributed by atoms with Crippen LogP contribution >= 0.6 is 0 Å². The fourth-order valence-corrected chi connectivity index (χ4v) is 3.12. The van der Waals surface area contributed by atoms with Gasteiger partial charge in [-0.2, -0.15) is 0 Å². The Morgan fingerprint density at radius 2 is 2.03 bits per heavy atom. The van der Waals surface area contributed by atoms with Gasteiger partial charge in [0.1, 0.15) is 23.2 Å². The van der Waals surface area contributed by atoms with Crippen LogP contribution in [0.4, 0.5) is 0 Å². The van der Waals surface area contributed by atoms with Crippen LogP contribution in [-0.2, 0) is 11.2 Å². The number of rotatable bonds is 12. The molecule has 0 aliphatic carbocycles. The number of carbonyl (C=O) groups excluding carboxylic acids is 1. The molecule has 0 saturated carbocycles. The van der Waals surface area contributed by atoms with Gasteiger partial charge in [-0.25, -0.2) is 4.79 Å². The second kappa shape index (κ2) is 11.1. The number of phenols is 1. The van der Waals surface area contributed by atoms with E-state index in [-0.39, 0.29) is 48.2 Å². The number of nitrogens with one attached hydrogen (secondary N) is 1. The number of aromatic hydroxyl groups is 1. The number of nitrogens with zero attached hydrogens (tertiary/aromatic N) is 1. The molecule has 1 aliphatic heterocycles. The van der Waals surface area contributed by atoms with Gasteiger partial charge in [-0.05, 0) is 30.8 Å². The van der Waals surface area contributed by atoms with Gasteiger partial charge in [0.05, 0.1) is 6.04 Å². The van der Waals surface area contributed by atoms with E-state index in [1.165, 1.54) is 12.1 Å². The van der Waals surface area contributed by atoms with Crippen molar-refractivity contribution in [3.8, 4) is 11.5 Å². The third-order valence-corrected chi connectivity index (χ3v) is 4.75. The van der Waals surface area contributed by atoms with E-state index < -0.39 is 24.9 Å². The summed E-state index contributed by atoms with van der Waals surface area (Å²) in [6, 6.07) is 2.19. The van der Waals surface area contributed by atoms with Crippen molar-refractivity contribution in [2.24, 2.45) is 5.73 Å². The summed E-state index contributed by atoms with van der Waals surface area (Å²) in [6.07, 6.45) is 0.186. The molecule has 1 amide bonds. The zero-order chi connectivity index (χ0) is 22.3. The van der Waals surface area contributed by atoms with Crippen LogP contribution in [0.25, 0.3) is 0 Å². The molecule has 8 N–H and O–H groups in total. The standard InChI is InChI=1S/C18H28BN3O8/c20-13(17(25)21-6-1-7-23)10-22-8-12(9-22)30-14-3-2-11(4-5-19(28)29)16(24)15(14)18(26)27/h2-3,12-13,23-24,28-29H,1,4-10,20H2,(H,21,25)(H,26,27). The fraction of sp³-hybridized carbons (Fsp3) is 0.556. The second-order valence-corrected chi connectivity index (χ2v) is 7.20. The molecule has 1 aromatic carbocycles. The SMILES string of the molecule is NC(CN1CC(Oc2ccc(CCB(O)O)c(O)c2C(=O)O)C1)C(=O)NCCCO. The van der Waals surface area contributed by atoms with Crippen LogP contribution in [0, 0.1) is 0 Å². The van der Waals surface area contributed by atoms with Crippen molar-refractivity contribution in [2.75, 3.05) is 32.8 Å². The topological polar surface area (TPSA) is 186 Å². The van der Waals surface area contributed by atoms with Crippen LogP contribution in [0.2, 0.25) is 6.32 Å². The van der Waals surface area contributed by atoms with Crippen LogP contribution < -0.4 is 15.8 Å². The highest BCUT2D eigenvalue weighted by Crippen LogP contribution is 2.33. The third-order valence-electron chi connectivity index (χ3n) is 4.75. The van der Waals surface area contributed by atoms with Crippen molar-refractivity contribution >= 4 is 19.0 Å². The van der Waals surface area contributed by atoms with Crippen LogP contribution in [0.15, 0.2) is 12.1 Å². The minimum Gasteiger partial charge on any atom is -0.507 e. The van der Waals surface area contributed by atoms with Gasteiger partial charge in [0.2, 0.25) is 5.91 Å². The molecule has 1 unspecified atom stereocenters. The number of hydrogen-bond acceptors (Lipinski definition) is 9. The number of aryl methyl sites for hydroxylation is 1. The van der Waals surface area contributed by atoms with Gasteiger partial charge in [0.15, 0.2) is 0 Å². The molecule has 1 aliphatic rings. The minimum absolute atomic E-state index is 0.0150. The Kier molecular flexibility index (Phi) is 8.87. The van der Waals surface area contributed by atoms with Crippen LogP contribution in [0.3, 0.4) is 0 Å². The van der Waals surface area contributed by atoms with E-state index in [0.717, 1.165) is 0 Å². The van der Waals surface area contributed by atoms with E-state index in [0.29, 0.717) is 32.6 Å². The van der Waals surface area contributed by atoms with Crippen molar-refractivity contribution < 1.29 is 39.7 Å². The van der Waals surface area contributed by atoms with Crippen LogP contribution in [0.5, 0.6) is 11.5 Å². The Morgan fingerprint density at radius 3 is 2.63 bits per heavy atom. The molecule has 1 fully saturated rings. The van der Waals surface area contributed by atoms with Crippen molar-refractivity contribution in [1.82, 2.24) is 10.2 Å². The Bertz CT molecular complexity index is 742. The molecule has 0 aromatic heterocycles. The number of carboxylic acid groups (broad SMARTS) is 1. The summed E-state index contributed by atoms with van der Waals surface area (Å²) in [5, 5.41) is 49.0. The fourth-order valence-electron chi connectivity index (χ4n) is 3.12. The maximum absolute atomic E-state index is 11.9. The molecular formula is C18H28BN3O8. The van der Waals surface area contributed by atoms with Crippen molar-refractivity contribution in [2.45, 2.75) is 31.3 Å². The van der Waals surface area contributed by atoms with E-state index in [9.17, 15) is 19.8 Å². The first-order chi connectivity index (χ1) is 14.2. The first kappa shape index (κ1) is 23.9. The summed E-state index contributed by atoms with van der Waals surface area (Å²) in [6.45, 7) is 1.53. The van der Waals surface area contributed by atoms with Gasteiger partial charge in [-0.15, -0.1) is 0 Å². The first-order valence-electron chi connectivity index (χ1n) is 9.70. The molecule has 30 heavy (non-hydrogen) atoms. The predicted octanol–water partition coefficient (Wildman–Crippen LogP) is -2.01. The lowest BCUT2D eigenvalue weighted by Gasteiger charge is -2.40. The summed E-state index contributed by atoms with van der Waals surface area (Å²) < 4.78 is 5.71. The molecule has 2 rings (SSSR count). The molecule has 1 heterocycles. The first-order valence-corrected chi connectivity index (χ1v) is 9.70. The molecule has 12 heteroatoms. The van der Waals surface area contributed by atoms with Gasteiger partial charge in [-0.1, -0.05) is 6.07 Å². The Labute approximate surface area is 174 Å². The monoisotopic (exact) mass is 425 g/mol. The zero-order valence-electron chi connectivity index (χ0n) is 16.5. The lowest BCUT2D eigenvalue weighted by Crippen LogP contribution is -2.59. The summed E-state index contributed by atoms with van der Waals surface area (Å²) in [5.41, 5.74) is 5.76. The molecule has 166 valence electrons. The van der Waals surface area contributed by atoms with Crippen LogP contribution in [0.1, 0.15) is 22.3 Å². The highest BCUT2D eigenvalue weighted by molar-refractivity contribution is 6.41. The van der Waals surface area contributed by atoms with Crippen molar-refractivity contribution in [3.63, 3.8) is 0 Å². The number of amides is 1. The molecule has 1 aromatic rings. The van der Waals surface area contributed by atoms with Crippen LogP contribution in [-0.4, -0.2) is 94.2 Å². The van der Waals surface area contributed by atoms with E-state index in [1.807, 2.05) is 4.90 Å². The van der Waals surface area contributed by atoms with Gasteiger partial charge in [-0.3, -0.25) is 9.69 Å². The second-order valence-electron chi connectivity index (χ2n) is 7.20. The Morgan fingerprint density at radius 1 is 1.33 bits per heavy atom. The quantitative estimate of drug-likeness (QED) is 0.146. The number of hydrogen-bond donors (Lipinski definition) is 7. The maximum atomic E-state index is 11.9. The van der Waals surface area contributed by atoms with Crippen molar-refractivity contribution in [1.29, 1.82) is 0 Å². The number of ether oxygens (including phenoxy) is 1. The van der Waals surface area contributed by atoms with E-state index >= 15 is 0 Å². The van der Waals surface area contributed by atoms with Crippen molar-refractivity contribution in [3.05, 3.63) is 23.3 Å².